The Hall–Kier alpha value is -1.58. The molecule has 0 radical (unpaired) electrons. The number of aliphatic carboxylic acids is 1. The van der Waals surface area contributed by atoms with E-state index in [0.29, 0.717) is 5.69 Å². The molecule has 1 aromatic rings. The second-order valence-corrected chi connectivity index (χ2v) is 2.27. The maximum absolute atomic E-state index is 10.1. The summed E-state index contributed by atoms with van der Waals surface area (Å²) in [6.07, 6.45) is 4.35. The summed E-state index contributed by atoms with van der Waals surface area (Å²) in [6.45, 7) is 2.76. The van der Waals surface area contributed by atoms with Gasteiger partial charge in [-0.1, -0.05) is 0 Å². The van der Waals surface area contributed by atoms with Gasteiger partial charge in [-0.2, -0.15) is 5.10 Å². The lowest BCUT2D eigenvalue weighted by Crippen LogP contribution is -1.93. The zero-order valence-electron chi connectivity index (χ0n) is 6.77. The van der Waals surface area contributed by atoms with Crippen molar-refractivity contribution in [3.05, 3.63) is 24.0 Å². The minimum absolute atomic E-state index is 0.666. The number of carboxylic acids is 1. The number of hydrogen-bond donors (Lipinski definition) is 1. The fourth-order valence-corrected chi connectivity index (χ4v) is 0.799. The van der Waals surface area contributed by atoms with Crippen LogP contribution in [0.3, 0.4) is 0 Å². The zero-order valence-corrected chi connectivity index (χ0v) is 6.77. The van der Waals surface area contributed by atoms with Crippen molar-refractivity contribution in [2.24, 2.45) is 0 Å². The van der Waals surface area contributed by atoms with E-state index in [1.54, 1.807) is 10.7 Å². The number of carboxylic acid groups (broad SMARTS) is 1. The summed E-state index contributed by atoms with van der Waals surface area (Å²) in [7, 11) is 0. The van der Waals surface area contributed by atoms with E-state index < -0.39 is 5.97 Å². The molecule has 0 bridgehead atoms. The van der Waals surface area contributed by atoms with E-state index in [-0.39, 0.29) is 0 Å². The lowest BCUT2D eigenvalue weighted by Gasteiger charge is -1.89. The molecule has 0 spiro atoms. The minimum atomic E-state index is -0.957. The van der Waals surface area contributed by atoms with Gasteiger partial charge in [0.25, 0.3) is 0 Å². The van der Waals surface area contributed by atoms with Crippen molar-refractivity contribution in [2.45, 2.75) is 13.5 Å². The van der Waals surface area contributed by atoms with Crippen molar-refractivity contribution >= 4 is 12.0 Å². The van der Waals surface area contributed by atoms with E-state index >= 15 is 0 Å². The number of carbonyl (C=O) groups is 1. The second-order valence-electron chi connectivity index (χ2n) is 2.27. The Morgan fingerprint density at radius 2 is 2.58 bits per heavy atom. The highest BCUT2D eigenvalue weighted by Crippen LogP contribution is 1.97. The predicted octanol–water partition coefficient (Wildman–Crippen LogP) is 1.00. The lowest BCUT2D eigenvalue weighted by atomic mass is 10.4. The Balaban J connectivity index is 2.70. The minimum Gasteiger partial charge on any atom is -0.478 e. The Morgan fingerprint density at radius 3 is 3.08 bits per heavy atom. The van der Waals surface area contributed by atoms with Crippen LogP contribution in [0.2, 0.25) is 0 Å². The highest BCUT2D eigenvalue weighted by Gasteiger charge is 1.93. The van der Waals surface area contributed by atoms with Crippen LogP contribution in [0.4, 0.5) is 0 Å². The monoisotopic (exact) mass is 166 g/mol. The summed E-state index contributed by atoms with van der Waals surface area (Å²) >= 11 is 0. The molecule has 0 aliphatic heterocycles. The van der Waals surface area contributed by atoms with Gasteiger partial charge in [0, 0.05) is 18.8 Å². The van der Waals surface area contributed by atoms with E-state index in [2.05, 4.69) is 5.10 Å². The first kappa shape index (κ1) is 8.52. The Bertz CT molecular complexity index is 302. The first-order chi connectivity index (χ1) is 5.72. The Kier molecular flexibility index (Phi) is 2.63. The van der Waals surface area contributed by atoms with Crippen LogP contribution in [0.25, 0.3) is 6.08 Å². The molecule has 64 valence electrons. The predicted molar refractivity (Wildman–Crippen MR) is 44.6 cm³/mol. The summed E-state index contributed by atoms with van der Waals surface area (Å²) in [4.78, 5) is 10.1. The molecular weight excluding hydrogens is 156 g/mol. The van der Waals surface area contributed by atoms with Crippen molar-refractivity contribution in [1.29, 1.82) is 0 Å². The van der Waals surface area contributed by atoms with E-state index in [1.165, 1.54) is 6.08 Å². The van der Waals surface area contributed by atoms with Gasteiger partial charge in [0.05, 0.1) is 5.69 Å². The third-order valence-corrected chi connectivity index (χ3v) is 1.38. The Labute approximate surface area is 70.1 Å². The average molecular weight is 166 g/mol. The SMILES string of the molecule is CCn1ccc(C=CC(=O)O)n1. The van der Waals surface area contributed by atoms with Crippen molar-refractivity contribution < 1.29 is 9.90 Å². The first-order valence-electron chi connectivity index (χ1n) is 3.67. The van der Waals surface area contributed by atoms with E-state index in [1.807, 2.05) is 13.1 Å². The first-order valence-corrected chi connectivity index (χ1v) is 3.67. The van der Waals surface area contributed by atoms with Gasteiger partial charge >= 0.3 is 5.97 Å². The van der Waals surface area contributed by atoms with Gasteiger partial charge in [0.1, 0.15) is 0 Å². The Morgan fingerprint density at radius 1 is 1.83 bits per heavy atom. The molecule has 1 heterocycles. The maximum atomic E-state index is 10.1. The van der Waals surface area contributed by atoms with Crippen molar-refractivity contribution in [3.63, 3.8) is 0 Å². The lowest BCUT2D eigenvalue weighted by molar-refractivity contribution is -0.131. The molecule has 0 amide bonds. The van der Waals surface area contributed by atoms with Crippen LogP contribution in [0.1, 0.15) is 12.6 Å². The molecule has 1 rings (SSSR count). The molecule has 0 fully saturated rings. The van der Waals surface area contributed by atoms with Crippen LogP contribution in [0.15, 0.2) is 18.3 Å². The third kappa shape index (κ3) is 2.23. The number of hydrogen-bond acceptors (Lipinski definition) is 2. The number of rotatable bonds is 3. The van der Waals surface area contributed by atoms with Crippen LogP contribution < -0.4 is 0 Å². The second kappa shape index (κ2) is 3.71. The van der Waals surface area contributed by atoms with Crippen LogP contribution in [0.5, 0.6) is 0 Å². The summed E-state index contributed by atoms with van der Waals surface area (Å²) in [5.74, 6) is -0.957. The highest BCUT2D eigenvalue weighted by molar-refractivity contribution is 5.84. The normalized spacial score (nSPS) is 10.8. The molecule has 0 unspecified atom stereocenters. The molecule has 0 aromatic carbocycles. The van der Waals surface area contributed by atoms with Crippen molar-refractivity contribution in [2.75, 3.05) is 0 Å². The fourth-order valence-electron chi connectivity index (χ4n) is 0.799. The van der Waals surface area contributed by atoms with Gasteiger partial charge in [-0.05, 0) is 19.1 Å². The molecule has 4 nitrogen and oxygen atoms in total. The smallest absolute Gasteiger partial charge is 0.328 e. The number of aromatic nitrogens is 2. The third-order valence-electron chi connectivity index (χ3n) is 1.38. The van der Waals surface area contributed by atoms with Gasteiger partial charge in [-0.15, -0.1) is 0 Å². The zero-order chi connectivity index (χ0) is 8.97. The van der Waals surface area contributed by atoms with Gasteiger partial charge < -0.3 is 5.11 Å². The van der Waals surface area contributed by atoms with Crippen LogP contribution in [0, 0.1) is 0 Å². The largest absolute Gasteiger partial charge is 0.478 e. The highest BCUT2D eigenvalue weighted by atomic mass is 16.4. The van der Waals surface area contributed by atoms with Gasteiger partial charge in [-0.25, -0.2) is 4.79 Å². The summed E-state index contributed by atoms with van der Waals surface area (Å²) < 4.78 is 1.74. The van der Waals surface area contributed by atoms with E-state index in [0.717, 1.165) is 12.6 Å². The summed E-state index contributed by atoms with van der Waals surface area (Å²) in [5.41, 5.74) is 0.666. The molecule has 12 heavy (non-hydrogen) atoms. The topological polar surface area (TPSA) is 55.1 Å². The van der Waals surface area contributed by atoms with Crippen molar-refractivity contribution in [3.8, 4) is 0 Å². The van der Waals surface area contributed by atoms with E-state index in [9.17, 15) is 4.79 Å². The fraction of sp³-hybridized carbons (Fsp3) is 0.250. The molecule has 0 saturated carbocycles. The molecule has 0 atom stereocenters. The van der Waals surface area contributed by atoms with E-state index in [4.69, 9.17) is 5.11 Å². The van der Waals surface area contributed by atoms with Crippen LogP contribution in [-0.4, -0.2) is 20.9 Å². The summed E-state index contributed by atoms with van der Waals surface area (Å²) in [5, 5.41) is 12.4. The molecule has 0 aliphatic rings. The van der Waals surface area contributed by atoms with Gasteiger partial charge in [0.2, 0.25) is 0 Å². The quantitative estimate of drug-likeness (QED) is 0.681. The summed E-state index contributed by atoms with van der Waals surface area (Å²) in [6, 6.07) is 1.77. The molecule has 1 aromatic heterocycles. The van der Waals surface area contributed by atoms with Gasteiger partial charge in [0.15, 0.2) is 0 Å². The van der Waals surface area contributed by atoms with Crippen LogP contribution >= 0.6 is 0 Å². The maximum Gasteiger partial charge on any atom is 0.328 e. The van der Waals surface area contributed by atoms with Crippen LogP contribution in [-0.2, 0) is 11.3 Å². The molecular formula is C8H10N2O2. The van der Waals surface area contributed by atoms with Crippen molar-refractivity contribution in [1.82, 2.24) is 9.78 Å². The van der Waals surface area contributed by atoms with Gasteiger partial charge in [-0.3, -0.25) is 4.68 Å². The molecule has 1 N–H and O–H groups in total. The number of nitrogens with zero attached hydrogens (tertiary/aromatic N) is 2. The molecule has 0 saturated heterocycles. The molecule has 0 aliphatic carbocycles. The molecule has 4 heteroatoms. The standard InChI is InChI=1S/C8H10N2O2/c1-2-10-6-5-7(9-10)3-4-8(11)12/h3-6H,2H2,1H3,(H,11,12). The number of aryl methyl sites for hydroxylation is 1. The average Bonchev–Trinajstić information content (AvgIpc) is 2.48.